The van der Waals surface area contributed by atoms with Crippen molar-refractivity contribution in [3.63, 3.8) is 0 Å². The second kappa shape index (κ2) is 6.80. The minimum absolute atomic E-state index is 0.570. The van der Waals surface area contributed by atoms with Crippen molar-refractivity contribution in [3.05, 3.63) is 17.3 Å². The van der Waals surface area contributed by atoms with Crippen LogP contribution in [0.2, 0.25) is 5.02 Å². The van der Waals surface area contributed by atoms with Gasteiger partial charge in [0.25, 0.3) is 0 Å². The van der Waals surface area contributed by atoms with Crippen LogP contribution in [0.5, 0.6) is 0 Å². The summed E-state index contributed by atoms with van der Waals surface area (Å²) < 4.78 is 0. The van der Waals surface area contributed by atoms with E-state index in [1.807, 2.05) is 11.8 Å². The van der Waals surface area contributed by atoms with Gasteiger partial charge in [-0.1, -0.05) is 11.6 Å². The molecule has 0 atom stereocenters. The molecule has 0 unspecified atom stereocenters. The number of nitrogens with two attached hydrogens (primary N) is 1. The molecule has 0 amide bonds. The largest absolute Gasteiger partial charge is 0.396 e. The van der Waals surface area contributed by atoms with E-state index in [1.54, 1.807) is 12.3 Å². The van der Waals surface area contributed by atoms with Crippen LogP contribution in [0.15, 0.2) is 12.3 Å². The topological polar surface area (TPSA) is 50.9 Å². The lowest BCUT2D eigenvalue weighted by Gasteiger charge is -2.07. The second-order valence-corrected chi connectivity index (χ2v) is 4.64. The van der Waals surface area contributed by atoms with E-state index < -0.39 is 0 Å². The van der Waals surface area contributed by atoms with E-state index in [9.17, 15) is 0 Å². The van der Waals surface area contributed by atoms with Crippen LogP contribution in [0.4, 0.5) is 11.5 Å². The maximum Gasteiger partial charge on any atom is 0.149 e. The smallest absolute Gasteiger partial charge is 0.149 e. The summed E-state index contributed by atoms with van der Waals surface area (Å²) in [6, 6.07) is 1.71. The summed E-state index contributed by atoms with van der Waals surface area (Å²) in [7, 11) is 0. The fourth-order valence-electron chi connectivity index (χ4n) is 1.18. The SMILES string of the molecule is CSCCCCNc1ncc(Cl)cc1N. The molecule has 0 radical (unpaired) electrons. The summed E-state index contributed by atoms with van der Waals surface area (Å²) in [4.78, 5) is 4.12. The van der Waals surface area contributed by atoms with Crippen LogP contribution in [0.3, 0.4) is 0 Å². The standard InChI is InChI=1S/C10H16ClN3S/c1-15-5-3-2-4-13-10-9(12)6-8(11)7-14-10/h6-7H,2-5,12H2,1H3,(H,13,14). The van der Waals surface area contributed by atoms with Crippen LogP contribution in [-0.2, 0) is 0 Å². The van der Waals surface area contributed by atoms with Gasteiger partial charge >= 0.3 is 0 Å². The predicted octanol–water partition coefficient (Wildman–Crippen LogP) is 2.87. The summed E-state index contributed by atoms with van der Waals surface area (Å²) in [6.45, 7) is 0.902. The number of hydrogen-bond donors (Lipinski definition) is 2. The van der Waals surface area contributed by atoms with Crippen molar-refractivity contribution in [2.24, 2.45) is 0 Å². The normalized spacial score (nSPS) is 10.3. The molecule has 5 heteroatoms. The molecule has 15 heavy (non-hydrogen) atoms. The lowest BCUT2D eigenvalue weighted by molar-refractivity contribution is 0.840. The Balaban J connectivity index is 2.31. The first-order chi connectivity index (χ1) is 7.24. The third kappa shape index (κ3) is 4.62. The lowest BCUT2D eigenvalue weighted by atomic mass is 10.3. The number of nitrogen functional groups attached to an aromatic ring is 1. The fourth-order valence-corrected chi connectivity index (χ4v) is 1.84. The van der Waals surface area contributed by atoms with Crippen LogP contribution < -0.4 is 11.1 Å². The van der Waals surface area contributed by atoms with E-state index in [-0.39, 0.29) is 0 Å². The van der Waals surface area contributed by atoms with Gasteiger partial charge in [0.05, 0.1) is 10.7 Å². The Morgan fingerprint density at radius 2 is 2.33 bits per heavy atom. The first-order valence-electron chi connectivity index (χ1n) is 4.88. The number of anilines is 2. The lowest BCUT2D eigenvalue weighted by Crippen LogP contribution is -2.06. The van der Waals surface area contributed by atoms with Crippen LogP contribution in [0, 0.1) is 0 Å². The Morgan fingerprint density at radius 3 is 3.00 bits per heavy atom. The second-order valence-electron chi connectivity index (χ2n) is 3.22. The predicted molar refractivity (Wildman–Crippen MR) is 69.8 cm³/mol. The van der Waals surface area contributed by atoms with Gasteiger partial charge in [-0.3, -0.25) is 0 Å². The summed E-state index contributed by atoms with van der Waals surface area (Å²) in [5, 5.41) is 3.76. The molecular weight excluding hydrogens is 230 g/mol. The molecule has 0 aliphatic carbocycles. The van der Waals surface area contributed by atoms with Crippen molar-refractivity contribution < 1.29 is 0 Å². The number of unbranched alkanes of at least 4 members (excludes halogenated alkanes) is 1. The van der Waals surface area contributed by atoms with Gasteiger partial charge < -0.3 is 11.1 Å². The zero-order valence-electron chi connectivity index (χ0n) is 8.79. The van der Waals surface area contributed by atoms with E-state index in [0.717, 1.165) is 18.8 Å². The molecule has 0 aromatic carbocycles. The quantitative estimate of drug-likeness (QED) is 0.757. The van der Waals surface area contributed by atoms with E-state index in [2.05, 4.69) is 16.6 Å². The van der Waals surface area contributed by atoms with Crippen LogP contribution in [0.25, 0.3) is 0 Å². The number of hydrogen-bond acceptors (Lipinski definition) is 4. The summed E-state index contributed by atoms with van der Waals surface area (Å²) in [6.07, 6.45) is 6.06. The monoisotopic (exact) mass is 245 g/mol. The van der Waals surface area contributed by atoms with E-state index >= 15 is 0 Å². The Kier molecular flexibility index (Phi) is 5.65. The van der Waals surface area contributed by atoms with Gasteiger partial charge in [0, 0.05) is 12.7 Å². The van der Waals surface area contributed by atoms with Gasteiger partial charge in [-0.15, -0.1) is 0 Å². The highest BCUT2D eigenvalue weighted by molar-refractivity contribution is 7.98. The molecule has 3 N–H and O–H groups in total. The first kappa shape index (κ1) is 12.5. The maximum absolute atomic E-state index is 5.75. The number of pyridine rings is 1. The zero-order valence-corrected chi connectivity index (χ0v) is 10.4. The fraction of sp³-hybridized carbons (Fsp3) is 0.500. The number of rotatable bonds is 6. The van der Waals surface area contributed by atoms with Gasteiger partial charge in [-0.2, -0.15) is 11.8 Å². The third-order valence-electron chi connectivity index (χ3n) is 1.95. The average Bonchev–Trinajstić information content (AvgIpc) is 2.20. The molecule has 0 fully saturated rings. The summed E-state index contributed by atoms with van der Waals surface area (Å²) >= 11 is 7.61. The van der Waals surface area contributed by atoms with Gasteiger partial charge in [0.1, 0.15) is 5.82 Å². The Labute approximate surface area is 99.8 Å². The van der Waals surface area contributed by atoms with Crippen molar-refractivity contribution in [2.75, 3.05) is 29.6 Å². The van der Waals surface area contributed by atoms with Gasteiger partial charge in [0.15, 0.2) is 0 Å². The van der Waals surface area contributed by atoms with E-state index in [1.165, 1.54) is 12.2 Å². The molecule has 1 aromatic rings. The minimum atomic E-state index is 0.570. The molecule has 0 spiro atoms. The van der Waals surface area contributed by atoms with Crippen LogP contribution in [0.1, 0.15) is 12.8 Å². The molecule has 0 aliphatic rings. The van der Waals surface area contributed by atoms with Gasteiger partial charge in [-0.05, 0) is 30.9 Å². The highest BCUT2D eigenvalue weighted by Crippen LogP contribution is 2.19. The molecule has 0 bridgehead atoms. The Bertz CT molecular complexity index is 307. The highest BCUT2D eigenvalue weighted by Gasteiger charge is 2.00. The average molecular weight is 246 g/mol. The van der Waals surface area contributed by atoms with Crippen LogP contribution >= 0.6 is 23.4 Å². The number of nitrogens with zero attached hydrogens (tertiary/aromatic N) is 1. The Hall–Kier alpha value is -0.610. The third-order valence-corrected chi connectivity index (χ3v) is 2.86. The van der Waals surface area contributed by atoms with Gasteiger partial charge in [-0.25, -0.2) is 4.98 Å². The molecule has 1 rings (SSSR count). The van der Waals surface area contributed by atoms with Gasteiger partial charge in [0.2, 0.25) is 0 Å². The molecule has 0 saturated heterocycles. The molecule has 1 heterocycles. The first-order valence-corrected chi connectivity index (χ1v) is 6.65. The molecule has 3 nitrogen and oxygen atoms in total. The number of halogens is 1. The van der Waals surface area contributed by atoms with E-state index in [0.29, 0.717) is 10.7 Å². The summed E-state index contributed by atoms with van der Waals surface area (Å²) in [5.41, 5.74) is 6.35. The summed E-state index contributed by atoms with van der Waals surface area (Å²) in [5.74, 6) is 1.93. The minimum Gasteiger partial charge on any atom is -0.396 e. The van der Waals surface area contributed by atoms with Crippen molar-refractivity contribution in [1.29, 1.82) is 0 Å². The van der Waals surface area contributed by atoms with Crippen molar-refractivity contribution in [3.8, 4) is 0 Å². The van der Waals surface area contributed by atoms with Crippen molar-refractivity contribution in [2.45, 2.75) is 12.8 Å². The molecule has 1 aromatic heterocycles. The van der Waals surface area contributed by atoms with E-state index in [4.69, 9.17) is 17.3 Å². The van der Waals surface area contributed by atoms with Crippen molar-refractivity contribution >= 4 is 34.9 Å². The number of thioether (sulfide) groups is 1. The highest BCUT2D eigenvalue weighted by atomic mass is 35.5. The zero-order chi connectivity index (χ0) is 11.1. The van der Waals surface area contributed by atoms with Crippen LogP contribution in [-0.4, -0.2) is 23.5 Å². The molecule has 84 valence electrons. The maximum atomic E-state index is 5.75. The van der Waals surface area contributed by atoms with Crippen molar-refractivity contribution in [1.82, 2.24) is 4.98 Å². The molecular formula is C10H16ClN3S. The number of aromatic nitrogens is 1. The molecule has 0 aliphatic heterocycles. The number of nitrogens with one attached hydrogen (secondary N) is 1. The Morgan fingerprint density at radius 1 is 1.53 bits per heavy atom. The molecule has 0 saturated carbocycles.